The molecule has 1 aromatic carbocycles. The summed E-state index contributed by atoms with van der Waals surface area (Å²) < 4.78 is 0. The van der Waals surface area contributed by atoms with Crippen molar-refractivity contribution in [2.24, 2.45) is 5.41 Å². The maximum absolute atomic E-state index is 6.95. The highest BCUT2D eigenvalue weighted by atomic mass is 35.7. The Morgan fingerprint density at radius 3 is 2.09 bits per heavy atom. The lowest BCUT2D eigenvalue weighted by atomic mass is 9.88. The van der Waals surface area contributed by atoms with Crippen LogP contribution in [0, 0.1) is 5.41 Å². The number of hydrogen-bond donors (Lipinski definition) is 0. The predicted octanol–water partition coefficient (Wildman–Crippen LogP) is 7.15. The van der Waals surface area contributed by atoms with Gasteiger partial charge in [-0.25, -0.2) is 0 Å². The highest BCUT2D eigenvalue weighted by Gasteiger charge is 2.57. The fourth-order valence-electron chi connectivity index (χ4n) is 3.39. The fraction of sp³-hybridized carbons (Fsp3) is 0.474. The number of benzene rings is 1. The molecule has 0 aromatic heterocycles. The van der Waals surface area contributed by atoms with E-state index in [0.717, 1.165) is 6.42 Å². The molecule has 0 nitrogen and oxygen atoms in total. The third kappa shape index (κ3) is 4.42. The van der Waals surface area contributed by atoms with Gasteiger partial charge in [-0.2, -0.15) is 0 Å². The van der Waals surface area contributed by atoms with Crippen molar-refractivity contribution < 1.29 is 0 Å². The molecule has 1 atom stereocenters. The van der Waals surface area contributed by atoms with Gasteiger partial charge >= 0.3 is 0 Å². The molecular formula is C19H28Cl2Si2. The molecule has 1 heterocycles. The van der Waals surface area contributed by atoms with E-state index < -0.39 is 14.8 Å². The first-order valence-corrected chi connectivity index (χ1v) is 15.9. The Morgan fingerprint density at radius 1 is 1.04 bits per heavy atom. The van der Waals surface area contributed by atoms with Crippen molar-refractivity contribution in [2.45, 2.75) is 52.4 Å². The maximum atomic E-state index is 6.95. The summed E-state index contributed by atoms with van der Waals surface area (Å²) in [5.41, 5.74) is 3.25. The van der Waals surface area contributed by atoms with Crippen molar-refractivity contribution in [3.63, 3.8) is 0 Å². The molecular weight excluding hydrogens is 355 g/mol. The lowest BCUT2D eigenvalue weighted by molar-refractivity contribution is 0.375. The van der Waals surface area contributed by atoms with E-state index in [4.69, 9.17) is 22.2 Å². The smallest absolute Gasteiger partial charge is 0.140 e. The van der Waals surface area contributed by atoms with Gasteiger partial charge in [-0.15, -0.1) is 22.2 Å². The monoisotopic (exact) mass is 382 g/mol. The van der Waals surface area contributed by atoms with Gasteiger partial charge in [0.25, 0.3) is 6.69 Å². The molecule has 0 bridgehead atoms. The van der Waals surface area contributed by atoms with Crippen molar-refractivity contribution in [3.8, 4) is 0 Å². The summed E-state index contributed by atoms with van der Waals surface area (Å²) in [6.45, 7) is 11.6. The average Bonchev–Trinajstić information content (AvgIpc) is 2.39. The van der Waals surface area contributed by atoms with E-state index in [1.807, 2.05) is 6.07 Å². The van der Waals surface area contributed by atoms with Crippen molar-refractivity contribution >= 4 is 43.0 Å². The van der Waals surface area contributed by atoms with Gasteiger partial charge < -0.3 is 0 Å². The van der Waals surface area contributed by atoms with Crippen molar-refractivity contribution in [1.29, 1.82) is 0 Å². The minimum absolute atomic E-state index is 0.240. The molecule has 4 heteroatoms. The van der Waals surface area contributed by atoms with Crippen LogP contribution in [0.3, 0.4) is 0 Å². The molecule has 1 aliphatic heterocycles. The molecule has 0 saturated carbocycles. The molecule has 126 valence electrons. The molecule has 0 radical (unpaired) electrons. The highest BCUT2D eigenvalue weighted by molar-refractivity contribution is 7.54. The Labute approximate surface area is 153 Å². The van der Waals surface area contributed by atoms with Crippen LogP contribution in [0.25, 0.3) is 6.08 Å². The molecule has 1 aromatic rings. The average molecular weight is 384 g/mol. The second kappa shape index (κ2) is 6.55. The van der Waals surface area contributed by atoms with Crippen molar-refractivity contribution in [2.75, 3.05) is 0 Å². The van der Waals surface area contributed by atoms with Crippen LogP contribution >= 0.6 is 22.2 Å². The maximum Gasteiger partial charge on any atom is 0.280 e. The fourth-order valence-corrected chi connectivity index (χ4v) is 18.4. The van der Waals surface area contributed by atoms with E-state index in [1.54, 1.807) is 0 Å². The Kier molecular flexibility index (Phi) is 5.42. The van der Waals surface area contributed by atoms with E-state index in [-0.39, 0.29) is 5.41 Å². The minimum Gasteiger partial charge on any atom is -0.140 e. The summed E-state index contributed by atoms with van der Waals surface area (Å²) in [5, 5.41) is 0. The molecule has 0 amide bonds. The zero-order valence-corrected chi connectivity index (χ0v) is 18.6. The van der Waals surface area contributed by atoms with E-state index in [0.29, 0.717) is 5.54 Å². The molecule has 0 N–H and O–H groups in total. The molecule has 0 saturated heterocycles. The summed E-state index contributed by atoms with van der Waals surface area (Å²) in [5.74, 6) is 0. The van der Waals surface area contributed by atoms with Gasteiger partial charge in [0.1, 0.15) is 0 Å². The van der Waals surface area contributed by atoms with Gasteiger partial charge in [0.15, 0.2) is 0 Å². The highest BCUT2D eigenvalue weighted by Crippen LogP contribution is 2.59. The summed E-state index contributed by atoms with van der Waals surface area (Å²) in [7, 11) is -1.50. The lowest BCUT2D eigenvalue weighted by Crippen LogP contribution is -2.52. The van der Waals surface area contributed by atoms with Crippen LogP contribution in [0.2, 0.25) is 25.2 Å². The Hall–Kier alpha value is -0.286. The normalized spacial score (nSPS) is 21.7. The zero-order chi connectivity index (χ0) is 17.5. The van der Waals surface area contributed by atoms with E-state index in [2.05, 4.69) is 76.8 Å². The molecule has 0 aliphatic carbocycles. The second-order valence-corrected chi connectivity index (χ2v) is 20.9. The van der Waals surface area contributed by atoms with E-state index in [9.17, 15) is 0 Å². The van der Waals surface area contributed by atoms with Crippen LogP contribution in [0.1, 0.15) is 32.8 Å². The minimum atomic E-state index is -2.32. The number of allylic oxidation sites excluding steroid dienone is 2. The summed E-state index contributed by atoms with van der Waals surface area (Å²) in [6.07, 6.45) is 5.56. The van der Waals surface area contributed by atoms with Crippen LogP contribution in [-0.2, 0) is 0 Å². The Morgan fingerprint density at radius 2 is 1.61 bits per heavy atom. The standard InChI is InChI=1S/C19H28Cl2Si2/c1-19(2,3)14-17-16(13-12-15-10-8-7-9-11-15)18(22(4,5)6)23(17,20)21/h7-13,17H,14H2,1-6H3/b13-12+. The Bertz CT molecular complexity index is 617. The van der Waals surface area contributed by atoms with Crippen molar-refractivity contribution in [1.82, 2.24) is 0 Å². The summed E-state index contributed by atoms with van der Waals surface area (Å²) >= 11 is 13.9. The van der Waals surface area contributed by atoms with Crippen LogP contribution in [0.15, 0.2) is 46.8 Å². The second-order valence-electron chi connectivity index (χ2n) is 8.76. The van der Waals surface area contributed by atoms with Crippen molar-refractivity contribution in [3.05, 3.63) is 52.4 Å². The van der Waals surface area contributed by atoms with E-state index >= 15 is 0 Å². The molecule has 1 unspecified atom stereocenters. The quantitative estimate of drug-likeness (QED) is 0.382. The predicted molar refractivity (Wildman–Crippen MR) is 111 cm³/mol. The first kappa shape index (κ1) is 19.0. The molecule has 1 aliphatic rings. The third-order valence-electron chi connectivity index (χ3n) is 4.26. The van der Waals surface area contributed by atoms with Gasteiger partial charge in [-0.05, 0) is 17.4 Å². The SMILES string of the molecule is CC(C)(C)CC1C(/C=C/c2ccccc2)=C([Si](C)(C)C)[Si]1(Cl)Cl. The third-order valence-corrected chi connectivity index (χ3v) is 15.5. The van der Waals surface area contributed by atoms with Gasteiger partial charge in [0, 0.05) is 5.54 Å². The molecule has 0 spiro atoms. The van der Waals surface area contributed by atoms with Gasteiger partial charge in [0.05, 0.1) is 8.07 Å². The van der Waals surface area contributed by atoms with Crippen LogP contribution < -0.4 is 0 Å². The molecule has 23 heavy (non-hydrogen) atoms. The number of rotatable bonds is 4. The van der Waals surface area contributed by atoms with Crippen LogP contribution in [0.5, 0.6) is 0 Å². The molecule has 2 rings (SSSR count). The number of halogens is 2. The topological polar surface area (TPSA) is 0 Å². The Balaban J connectivity index is 2.41. The number of hydrogen-bond acceptors (Lipinski definition) is 0. The largest absolute Gasteiger partial charge is 0.280 e. The van der Waals surface area contributed by atoms with Crippen LogP contribution in [-0.4, -0.2) is 14.8 Å². The zero-order valence-electron chi connectivity index (χ0n) is 15.1. The first-order valence-electron chi connectivity index (χ1n) is 8.29. The van der Waals surface area contributed by atoms with Gasteiger partial charge in [-0.3, -0.25) is 0 Å². The van der Waals surface area contributed by atoms with Gasteiger partial charge in [-0.1, -0.05) is 93.3 Å². The molecule has 0 fully saturated rings. The van der Waals surface area contributed by atoms with E-state index in [1.165, 1.54) is 16.0 Å². The summed E-state index contributed by atoms with van der Waals surface area (Å²) in [4.78, 5) is 1.44. The van der Waals surface area contributed by atoms with Gasteiger partial charge in [0.2, 0.25) is 0 Å². The summed E-state index contributed by atoms with van der Waals surface area (Å²) in [6, 6.07) is 10.5. The van der Waals surface area contributed by atoms with Crippen LogP contribution in [0.4, 0.5) is 0 Å². The first-order chi connectivity index (χ1) is 10.4. The lowest BCUT2D eigenvalue weighted by Gasteiger charge is -2.49.